The van der Waals surface area contributed by atoms with Crippen LogP contribution in [0.3, 0.4) is 0 Å². The molecule has 0 amide bonds. The lowest BCUT2D eigenvalue weighted by Crippen LogP contribution is -2.32. The largest absolute Gasteiger partial charge is 0.310 e. The third-order valence-electron chi connectivity index (χ3n) is 3.57. The number of benzene rings is 1. The van der Waals surface area contributed by atoms with Crippen LogP contribution in [-0.4, -0.2) is 18.9 Å². The number of likely N-dealkylation sites (N-methyl/N-ethyl adjacent to an activating group) is 1. The van der Waals surface area contributed by atoms with E-state index in [1.165, 1.54) is 22.3 Å². The highest BCUT2D eigenvalue weighted by molar-refractivity contribution is 5.85. The van der Waals surface area contributed by atoms with Gasteiger partial charge in [0.15, 0.2) is 0 Å². The maximum atomic E-state index is 11.5. The van der Waals surface area contributed by atoms with Crippen LogP contribution >= 0.6 is 0 Å². The Balaban J connectivity index is 2.22. The maximum Gasteiger partial charge on any atom is 0.147 e. The van der Waals surface area contributed by atoms with Gasteiger partial charge in [0.2, 0.25) is 0 Å². The lowest BCUT2D eigenvalue weighted by molar-refractivity contribution is -0.118. The number of carbonyl (C=O) groups is 1. The molecule has 0 aliphatic heterocycles. The minimum absolute atomic E-state index is 0.0623. The Labute approximate surface area is 103 Å². The second-order valence-corrected chi connectivity index (χ2v) is 4.69. The number of allylic oxidation sites excluding steroid dienone is 1. The minimum Gasteiger partial charge on any atom is -0.310 e. The highest BCUT2D eigenvalue weighted by atomic mass is 16.1. The second kappa shape index (κ2) is 4.84. The molecule has 2 rings (SSSR count). The molecule has 0 unspecified atom stereocenters. The van der Waals surface area contributed by atoms with Crippen LogP contribution in [0.1, 0.15) is 30.0 Å². The first-order valence-corrected chi connectivity index (χ1v) is 6.09. The van der Waals surface area contributed by atoms with Crippen molar-refractivity contribution in [2.45, 2.75) is 32.7 Å². The molecule has 0 radical (unpaired) electrons. The van der Waals surface area contributed by atoms with Crippen LogP contribution in [0.25, 0.3) is 5.57 Å². The zero-order chi connectivity index (χ0) is 12.4. The second-order valence-electron chi connectivity index (χ2n) is 4.69. The predicted octanol–water partition coefficient (Wildman–Crippen LogP) is 2.50. The SMILES string of the molecule is CN[C@@H](CC1=CCc2c(C)cccc21)C(C)=O. The number of Topliss-reactive ketones (excluding diaryl/α,β-unsaturated/α-hetero) is 1. The molecule has 0 heterocycles. The quantitative estimate of drug-likeness (QED) is 0.859. The fourth-order valence-corrected chi connectivity index (χ4v) is 2.47. The van der Waals surface area contributed by atoms with E-state index in [-0.39, 0.29) is 11.8 Å². The van der Waals surface area contributed by atoms with Crippen molar-refractivity contribution < 1.29 is 4.79 Å². The first-order chi connectivity index (χ1) is 8.13. The molecule has 2 nitrogen and oxygen atoms in total. The maximum absolute atomic E-state index is 11.5. The molecule has 17 heavy (non-hydrogen) atoms. The molecule has 0 saturated heterocycles. The molecule has 0 bridgehead atoms. The summed E-state index contributed by atoms with van der Waals surface area (Å²) in [5.74, 6) is 0.203. The van der Waals surface area contributed by atoms with Gasteiger partial charge in [0, 0.05) is 0 Å². The molecule has 1 N–H and O–H groups in total. The van der Waals surface area contributed by atoms with E-state index in [1.54, 1.807) is 6.92 Å². The van der Waals surface area contributed by atoms with E-state index in [2.05, 4.69) is 36.5 Å². The molecule has 1 aliphatic rings. The topological polar surface area (TPSA) is 29.1 Å². The normalized spacial score (nSPS) is 15.4. The molecule has 1 atom stereocenters. The van der Waals surface area contributed by atoms with Gasteiger partial charge in [-0.3, -0.25) is 4.79 Å². The average molecular weight is 229 g/mol. The van der Waals surface area contributed by atoms with Gasteiger partial charge in [0.25, 0.3) is 0 Å². The number of nitrogens with one attached hydrogen (secondary N) is 1. The molecule has 0 aromatic heterocycles. The Morgan fingerprint density at radius 3 is 2.88 bits per heavy atom. The van der Waals surface area contributed by atoms with Crippen molar-refractivity contribution in [1.29, 1.82) is 0 Å². The molecule has 1 aromatic carbocycles. The summed E-state index contributed by atoms with van der Waals surface area (Å²) in [6.07, 6.45) is 4.05. The van der Waals surface area contributed by atoms with Crippen molar-refractivity contribution in [2.75, 3.05) is 7.05 Å². The summed E-state index contributed by atoms with van der Waals surface area (Å²) in [7, 11) is 1.85. The first kappa shape index (κ1) is 12.1. The van der Waals surface area contributed by atoms with Crippen LogP contribution in [0.15, 0.2) is 24.3 Å². The van der Waals surface area contributed by atoms with Crippen LogP contribution in [-0.2, 0) is 11.2 Å². The number of aryl methyl sites for hydroxylation is 1. The van der Waals surface area contributed by atoms with Gasteiger partial charge in [-0.05, 0) is 56.0 Å². The van der Waals surface area contributed by atoms with Gasteiger partial charge >= 0.3 is 0 Å². The molecule has 1 aromatic rings. The summed E-state index contributed by atoms with van der Waals surface area (Å²) in [5.41, 5.74) is 5.39. The number of ketones is 1. The molecule has 2 heteroatoms. The van der Waals surface area contributed by atoms with Crippen molar-refractivity contribution >= 4 is 11.4 Å². The standard InChI is InChI=1S/C15H19NO/c1-10-5-4-6-14-12(7-8-13(10)14)9-15(16-3)11(2)17/h4-7,15-16H,8-9H2,1-3H3/t15-/m0/s1. The Hall–Kier alpha value is -1.41. The van der Waals surface area contributed by atoms with Crippen molar-refractivity contribution in [3.8, 4) is 0 Å². The van der Waals surface area contributed by atoms with Crippen LogP contribution in [0.4, 0.5) is 0 Å². The highest BCUT2D eigenvalue weighted by Gasteiger charge is 2.20. The van der Waals surface area contributed by atoms with Crippen LogP contribution < -0.4 is 5.32 Å². The summed E-state index contributed by atoms with van der Waals surface area (Å²) in [6, 6.07) is 6.34. The number of rotatable bonds is 4. The van der Waals surface area contributed by atoms with Gasteiger partial charge in [-0.25, -0.2) is 0 Å². The zero-order valence-corrected chi connectivity index (χ0v) is 10.7. The summed E-state index contributed by atoms with van der Waals surface area (Å²) in [4.78, 5) is 11.5. The van der Waals surface area contributed by atoms with Gasteiger partial charge in [-0.2, -0.15) is 0 Å². The van der Waals surface area contributed by atoms with Crippen molar-refractivity contribution in [2.24, 2.45) is 0 Å². The van der Waals surface area contributed by atoms with Gasteiger partial charge < -0.3 is 5.32 Å². The van der Waals surface area contributed by atoms with Crippen molar-refractivity contribution in [3.05, 3.63) is 41.0 Å². The zero-order valence-electron chi connectivity index (χ0n) is 10.7. The summed E-state index contributed by atoms with van der Waals surface area (Å²) < 4.78 is 0. The number of fused-ring (bicyclic) bond motifs is 1. The third kappa shape index (κ3) is 2.32. The van der Waals surface area contributed by atoms with Gasteiger partial charge in [-0.1, -0.05) is 24.3 Å². The first-order valence-electron chi connectivity index (χ1n) is 6.09. The average Bonchev–Trinajstić information content (AvgIpc) is 2.70. The summed E-state index contributed by atoms with van der Waals surface area (Å²) in [6.45, 7) is 3.80. The Kier molecular flexibility index (Phi) is 3.43. The van der Waals surface area contributed by atoms with Crippen LogP contribution in [0.5, 0.6) is 0 Å². The summed E-state index contributed by atoms with van der Waals surface area (Å²) in [5, 5.41) is 3.08. The summed E-state index contributed by atoms with van der Waals surface area (Å²) >= 11 is 0. The van der Waals surface area contributed by atoms with Gasteiger partial charge in [0.1, 0.15) is 5.78 Å². The lowest BCUT2D eigenvalue weighted by atomic mass is 9.96. The molecule has 0 spiro atoms. The van der Waals surface area contributed by atoms with E-state index in [4.69, 9.17) is 0 Å². The molecular formula is C15H19NO. The van der Waals surface area contributed by atoms with E-state index in [0.29, 0.717) is 0 Å². The van der Waals surface area contributed by atoms with Gasteiger partial charge in [-0.15, -0.1) is 0 Å². The Morgan fingerprint density at radius 1 is 1.47 bits per heavy atom. The van der Waals surface area contributed by atoms with E-state index in [1.807, 2.05) is 7.05 Å². The fourth-order valence-electron chi connectivity index (χ4n) is 2.47. The van der Waals surface area contributed by atoms with E-state index >= 15 is 0 Å². The number of hydrogen-bond acceptors (Lipinski definition) is 2. The van der Waals surface area contributed by atoms with Gasteiger partial charge in [0.05, 0.1) is 6.04 Å². The molecule has 0 saturated carbocycles. The molecular weight excluding hydrogens is 210 g/mol. The minimum atomic E-state index is -0.0623. The number of carbonyl (C=O) groups excluding carboxylic acids is 1. The third-order valence-corrected chi connectivity index (χ3v) is 3.57. The van der Waals surface area contributed by atoms with Crippen molar-refractivity contribution in [3.63, 3.8) is 0 Å². The van der Waals surface area contributed by atoms with E-state index in [9.17, 15) is 4.79 Å². The highest BCUT2D eigenvalue weighted by Crippen LogP contribution is 2.32. The van der Waals surface area contributed by atoms with E-state index in [0.717, 1.165) is 12.8 Å². The van der Waals surface area contributed by atoms with E-state index < -0.39 is 0 Å². The number of hydrogen-bond donors (Lipinski definition) is 1. The monoisotopic (exact) mass is 229 g/mol. The van der Waals surface area contributed by atoms with Crippen molar-refractivity contribution in [1.82, 2.24) is 5.32 Å². The lowest BCUT2D eigenvalue weighted by Gasteiger charge is -2.14. The molecule has 0 fully saturated rings. The Morgan fingerprint density at radius 2 is 2.24 bits per heavy atom. The molecule has 1 aliphatic carbocycles. The van der Waals surface area contributed by atoms with Crippen LogP contribution in [0.2, 0.25) is 0 Å². The Bertz CT molecular complexity index is 474. The smallest absolute Gasteiger partial charge is 0.147 e. The van der Waals surface area contributed by atoms with Crippen LogP contribution in [0, 0.1) is 6.92 Å². The molecule has 90 valence electrons. The fraction of sp³-hybridized carbons (Fsp3) is 0.400. The predicted molar refractivity (Wildman–Crippen MR) is 71.0 cm³/mol.